The molecule has 0 aliphatic heterocycles. The lowest BCUT2D eigenvalue weighted by atomic mass is 10.2. The van der Waals surface area contributed by atoms with Gasteiger partial charge in [-0.15, -0.1) is 0 Å². The summed E-state index contributed by atoms with van der Waals surface area (Å²) < 4.78 is 7.76. The van der Waals surface area contributed by atoms with E-state index in [1.54, 1.807) is 6.33 Å². The maximum absolute atomic E-state index is 6.25. The number of para-hydroxylation sites is 1. The second-order valence-electron chi connectivity index (χ2n) is 4.70. The minimum Gasteiger partial charge on any atom is -0.484 e. The van der Waals surface area contributed by atoms with Crippen LogP contribution < -0.4 is 10.1 Å². The smallest absolute Gasteiger partial charge is 0.164 e. The number of nitrogens with zero attached hydrogens (tertiary/aromatic N) is 3. The van der Waals surface area contributed by atoms with Gasteiger partial charge in [0.25, 0.3) is 0 Å². The van der Waals surface area contributed by atoms with E-state index in [0.717, 1.165) is 37.4 Å². The molecule has 1 N–H and O–H groups in total. The lowest BCUT2D eigenvalue weighted by Crippen LogP contribution is -2.14. The van der Waals surface area contributed by atoms with Crippen molar-refractivity contribution in [3.8, 4) is 5.75 Å². The summed E-state index contributed by atoms with van der Waals surface area (Å²) in [4.78, 5) is 4.24. The Morgan fingerprint density at radius 2 is 2.19 bits per heavy atom. The zero-order valence-electron chi connectivity index (χ0n) is 12.5. The molecule has 0 fully saturated rings. The molecule has 0 aliphatic carbocycles. The number of hydrogen-bond acceptors (Lipinski definition) is 4. The highest BCUT2D eigenvalue weighted by Crippen LogP contribution is 2.29. The molecule has 5 nitrogen and oxygen atoms in total. The van der Waals surface area contributed by atoms with Gasteiger partial charge in [0.15, 0.2) is 5.82 Å². The summed E-state index contributed by atoms with van der Waals surface area (Å²) in [6, 6.07) is 5.78. The molecule has 21 heavy (non-hydrogen) atoms. The third-order valence-corrected chi connectivity index (χ3v) is 3.39. The average molecular weight is 309 g/mol. The van der Waals surface area contributed by atoms with E-state index in [-0.39, 0.29) is 0 Å². The van der Waals surface area contributed by atoms with Crippen molar-refractivity contribution in [2.75, 3.05) is 6.54 Å². The van der Waals surface area contributed by atoms with Gasteiger partial charge in [0.1, 0.15) is 18.7 Å². The largest absolute Gasteiger partial charge is 0.484 e. The van der Waals surface area contributed by atoms with E-state index in [1.807, 2.05) is 22.9 Å². The van der Waals surface area contributed by atoms with E-state index in [4.69, 9.17) is 16.3 Å². The number of nitrogens with one attached hydrogen (secondary N) is 1. The molecule has 0 amide bonds. The van der Waals surface area contributed by atoms with Gasteiger partial charge in [-0.05, 0) is 19.0 Å². The van der Waals surface area contributed by atoms with Crippen molar-refractivity contribution in [2.45, 2.75) is 40.0 Å². The first-order valence-electron chi connectivity index (χ1n) is 7.23. The number of ether oxygens (including phenoxy) is 1. The summed E-state index contributed by atoms with van der Waals surface area (Å²) in [6.07, 6.45) is 2.56. The number of rotatable bonds is 8. The van der Waals surface area contributed by atoms with Crippen LogP contribution in [0.25, 0.3) is 0 Å². The molecule has 0 saturated heterocycles. The van der Waals surface area contributed by atoms with Gasteiger partial charge in [-0.1, -0.05) is 37.6 Å². The topological polar surface area (TPSA) is 52.0 Å². The molecular weight excluding hydrogens is 288 g/mol. The Hall–Kier alpha value is -1.59. The highest BCUT2D eigenvalue weighted by Gasteiger charge is 2.10. The molecule has 0 unspecified atom stereocenters. The van der Waals surface area contributed by atoms with Crippen molar-refractivity contribution in [3.05, 3.63) is 40.9 Å². The van der Waals surface area contributed by atoms with Crippen LogP contribution >= 0.6 is 11.6 Å². The van der Waals surface area contributed by atoms with Gasteiger partial charge in [0, 0.05) is 18.7 Å². The molecule has 2 aromatic rings. The molecule has 0 radical (unpaired) electrons. The molecule has 0 spiro atoms. The van der Waals surface area contributed by atoms with Crippen LogP contribution in [0.3, 0.4) is 0 Å². The molecule has 0 bridgehead atoms. The van der Waals surface area contributed by atoms with Crippen LogP contribution in [0.4, 0.5) is 0 Å². The molecule has 114 valence electrons. The van der Waals surface area contributed by atoms with Gasteiger partial charge >= 0.3 is 0 Å². The van der Waals surface area contributed by atoms with Crippen molar-refractivity contribution in [1.29, 1.82) is 0 Å². The Balaban J connectivity index is 2.10. The van der Waals surface area contributed by atoms with Gasteiger partial charge in [-0.2, -0.15) is 5.10 Å². The van der Waals surface area contributed by atoms with E-state index in [0.29, 0.717) is 17.4 Å². The lowest BCUT2D eigenvalue weighted by molar-refractivity contribution is 0.283. The fourth-order valence-corrected chi connectivity index (χ4v) is 2.30. The number of hydrogen-bond donors (Lipinski definition) is 1. The summed E-state index contributed by atoms with van der Waals surface area (Å²) in [7, 11) is 0. The Kier molecular flexibility index (Phi) is 6.02. The van der Waals surface area contributed by atoms with Crippen molar-refractivity contribution >= 4 is 11.6 Å². The molecular formula is C15H21ClN4O. The quantitative estimate of drug-likeness (QED) is 0.814. The minimum atomic E-state index is 0.364. The van der Waals surface area contributed by atoms with Gasteiger partial charge < -0.3 is 10.1 Å². The molecule has 0 atom stereocenters. The number of benzene rings is 1. The minimum absolute atomic E-state index is 0.364. The summed E-state index contributed by atoms with van der Waals surface area (Å²) in [5, 5.41) is 8.10. The summed E-state index contributed by atoms with van der Waals surface area (Å²) in [5.74, 6) is 1.53. The summed E-state index contributed by atoms with van der Waals surface area (Å²) in [5.41, 5.74) is 1.05. The predicted octanol–water partition coefficient (Wildman–Crippen LogP) is 3.03. The third-order valence-electron chi connectivity index (χ3n) is 3.09. The second-order valence-corrected chi connectivity index (χ2v) is 5.10. The Bertz CT molecular complexity index is 571. The highest BCUT2D eigenvalue weighted by molar-refractivity contribution is 6.32. The molecule has 1 heterocycles. The van der Waals surface area contributed by atoms with Crippen molar-refractivity contribution in [3.63, 3.8) is 0 Å². The average Bonchev–Trinajstić information content (AvgIpc) is 2.92. The van der Waals surface area contributed by atoms with Crippen LogP contribution in [0.2, 0.25) is 5.02 Å². The Labute approximate surface area is 130 Å². The maximum atomic E-state index is 6.25. The van der Waals surface area contributed by atoms with E-state index in [9.17, 15) is 0 Å². The standard InChI is InChI=1S/C15H21ClN4O/c1-3-8-20-14(18-11-19-20)10-21-15-12(9-17-4-2)6-5-7-13(15)16/h5-7,11,17H,3-4,8-10H2,1-2H3. The van der Waals surface area contributed by atoms with E-state index >= 15 is 0 Å². The van der Waals surface area contributed by atoms with Crippen LogP contribution in [0.15, 0.2) is 24.5 Å². The van der Waals surface area contributed by atoms with E-state index < -0.39 is 0 Å². The maximum Gasteiger partial charge on any atom is 0.164 e. The zero-order valence-corrected chi connectivity index (χ0v) is 13.2. The third kappa shape index (κ3) is 4.19. The van der Waals surface area contributed by atoms with Crippen LogP contribution in [0.1, 0.15) is 31.7 Å². The fraction of sp³-hybridized carbons (Fsp3) is 0.467. The fourth-order valence-electron chi connectivity index (χ4n) is 2.05. The lowest BCUT2D eigenvalue weighted by Gasteiger charge is -2.13. The molecule has 0 saturated carbocycles. The Morgan fingerprint density at radius 1 is 1.33 bits per heavy atom. The van der Waals surface area contributed by atoms with Gasteiger partial charge in [-0.25, -0.2) is 9.67 Å². The SMILES string of the molecule is CCCn1ncnc1COc1c(Cl)cccc1CNCC. The Morgan fingerprint density at radius 3 is 2.95 bits per heavy atom. The number of halogens is 1. The summed E-state index contributed by atoms with van der Waals surface area (Å²) in [6.45, 7) is 7.01. The normalized spacial score (nSPS) is 10.8. The van der Waals surface area contributed by atoms with Crippen molar-refractivity contribution in [2.24, 2.45) is 0 Å². The second kappa shape index (κ2) is 8.00. The van der Waals surface area contributed by atoms with E-state index in [1.165, 1.54) is 0 Å². The summed E-state index contributed by atoms with van der Waals surface area (Å²) >= 11 is 6.25. The number of aryl methyl sites for hydroxylation is 1. The first kappa shape index (κ1) is 15.8. The van der Waals surface area contributed by atoms with Gasteiger partial charge in [-0.3, -0.25) is 0 Å². The van der Waals surface area contributed by atoms with Gasteiger partial charge in [0.2, 0.25) is 0 Å². The van der Waals surface area contributed by atoms with Crippen LogP contribution in [0.5, 0.6) is 5.75 Å². The molecule has 1 aromatic carbocycles. The first-order chi connectivity index (χ1) is 10.3. The first-order valence-corrected chi connectivity index (χ1v) is 7.61. The van der Waals surface area contributed by atoms with Crippen molar-refractivity contribution < 1.29 is 4.74 Å². The molecule has 0 aliphatic rings. The molecule has 1 aromatic heterocycles. The number of aromatic nitrogens is 3. The molecule has 6 heteroatoms. The van der Waals surface area contributed by atoms with Gasteiger partial charge in [0.05, 0.1) is 5.02 Å². The van der Waals surface area contributed by atoms with Crippen molar-refractivity contribution in [1.82, 2.24) is 20.1 Å². The molecule has 2 rings (SSSR count). The zero-order chi connectivity index (χ0) is 15.1. The van der Waals surface area contributed by atoms with Crippen LogP contribution in [-0.2, 0) is 19.7 Å². The van der Waals surface area contributed by atoms with Crippen LogP contribution in [0, 0.1) is 0 Å². The predicted molar refractivity (Wildman–Crippen MR) is 83.5 cm³/mol. The highest BCUT2D eigenvalue weighted by atomic mass is 35.5. The monoisotopic (exact) mass is 308 g/mol. The van der Waals surface area contributed by atoms with E-state index in [2.05, 4.69) is 29.2 Å². The van der Waals surface area contributed by atoms with Crippen LogP contribution in [-0.4, -0.2) is 21.3 Å².